The Morgan fingerprint density at radius 3 is 2.35 bits per heavy atom. The van der Waals surface area contributed by atoms with Gasteiger partial charge >= 0.3 is 0 Å². The van der Waals surface area contributed by atoms with E-state index in [4.69, 9.17) is 27.9 Å². The summed E-state index contributed by atoms with van der Waals surface area (Å²) in [5.41, 5.74) is 1.07. The highest BCUT2D eigenvalue weighted by molar-refractivity contribution is 8.00. The predicted octanol–water partition coefficient (Wildman–Crippen LogP) is 6.00. The van der Waals surface area contributed by atoms with Gasteiger partial charge in [0.2, 0.25) is 0 Å². The third-order valence-corrected chi connectivity index (χ3v) is 5.14. The summed E-state index contributed by atoms with van der Waals surface area (Å²) in [6.07, 6.45) is 3.27. The Hall–Kier alpha value is -0.680. The Labute approximate surface area is 152 Å². The van der Waals surface area contributed by atoms with E-state index in [1.54, 1.807) is 24.3 Å². The van der Waals surface area contributed by atoms with Crippen molar-refractivity contribution < 1.29 is 4.74 Å². The van der Waals surface area contributed by atoms with Gasteiger partial charge in [-0.25, -0.2) is 4.98 Å². The van der Waals surface area contributed by atoms with Crippen LogP contribution in [0.1, 0.15) is 44.7 Å². The SMILES string of the molecule is CCOC(c1ccc(Cl)cc1)C(SC(C)(C)C)n1cncc1Cl. The second-order valence-corrected chi connectivity index (χ2v) is 8.94. The van der Waals surface area contributed by atoms with Gasteiger partial charge < -0.3 is 9.30 Å². The van der Waals surface area contributed by atoms with Crippen molar-refractivity contribution in [1.29, 1.82) is 0 Å². The van der Waals surface area contributed by atoms with Gasteiger partial charge in [-0.3, -0.25) is 0 Å². The van der Waals surface area contributed by atoms with E-state index in [1.165, 1.54) is 0 Å². The summed E-state index contributed by atoms with van der Waals surface area (Å²) < 4.78 is 8.09. The summed E-state index contributed by atoms with van der Waals surface area (Å²) in [5.74, 6) is 0. The zero-order valence-corrected chi connectivity index (χ0v) is 16.1. The number of imidazole rings is 1. The lowest BCUT2D eigenvalue weighted by molar-refractivity contribution is 0.0466. The Kier molecular flexibility index (Phi) is 6.43. The van der Waals surface area contributed by atoms with E-state index in [0.717, 1.165) is 5.56 Å². The average Bonchev–Trinajstić information content (AvgIpc) is 2.89. The van der Waals surface area contributed by atoms with Crippen LogP contribution in [0, 0.1) is 0 Å². The molecule has 23 heavy (non-hydrogen) atoms. The molecule has 0 bridgehead atoms. The summed E-state index contributed by atoms with van der Waals surface area (Å²) in [5, 5.41) is 1.29. The Morgan fingerprint density at radius 1 is 1.22 bits per heavy atom. The fourth-order valence-corrected chi connectivity index (χ4v) is 4.03. The van der Waals surface area contributed by atoms with Gasteiger partial charge in [-0.15, -0.1) is 11.8 Å². The largest absolute Gasteiger partial charge is 0.371 e. The molecule has 2 rings (SSSR count). The van der Waals surface area contributed by atoms with Crippen molar-refractivity contribution in [3.05, 3.63) is 52.5 Å². The zero-order valence-electron chi connectivity index (χ0n) is 13.8. The van der Waals surface area contributed by atoms with Crippen molar-refractivity contribution in [1.82, 2.24) is 9.55 Å². The monoisotopic (exact) mass is 372 g/mol. The number of hydrogen-bond donors (Lipinski definition) is 0. The predicted molar refractivity (Wildman–Crippen MR) is 99.4 cm³/mol. The topological polar surface area (TPSA) is 27.1 Å². The zero-order chi connectivity index (χ0) is 17.0. The second-order valence-electron chi connectivity index (χ2n) is 6.17. The van der Waals surface area contributed by atoms with Gasteiger partial charge in [0.15, 0.2) is 0 Å². The Balaban J connectivity index is 2.43. The third-order valence-electron chi connectivity index (χ3n) is 3.17. The average molecular weight is 373 g/mol. The summed E-state index contributed by atoms with van der Waals surface area (Å²) in [6.45, 7) is 9.15. The number of ether oxygens (including phenoxy) is 1. The first kappa shape index (κ1) is 18.7. The molecule has 0 radical (unpaired) electrons. The number of hydrogen-bond acceptors (Lipinski definition) is 3. The highest BCUT2D eigenvalue weighted by atomic mass is 35.5. The lowest BCUT2D eigenvalue weighted by atomic mass is 10.1. The fraction of sp³-hybridized carbons (Fsp3) is 0.471. The maximum absolute atomic E-state index is 6.33. The molecule has 0 saturated carbocycles. The van der Waals surface area contributed by atoms with Crippen LogP contribution in [0.15, 0.2) is 36.8 Å². The summed E-state index contributed by atoms with van der Waals surface area (Å²) in [6, 6.07) is 7.78. The number of aromatic nitrogens is 2. The minimum Gasteiger partial charge on any atom is -0.371 e. The number of nitrogens with zero attached hydrogens (tertiary/aromatic N) is 2. The van der Waals surface area contributed by atoms with Gasteiger partial charge in [-0.2, -0.15) is 0 Å². The normalized spacial score (nSPS) is 14.7. The highest BCUT2D eigenvalue weighted by Crippen LogP contribution is 2.45. The molecule has 3 nitrogen and oxygen atoms in total. The molecule has 0 aliphatic rings. The van der Waals surface area contributed by atoms with Crippen molar-refractivity contribution in [2.24, 2.45) is 0 Å². The van der Waals surface area contributed by atoms with Crippen LogP contribution >= 0.6 is 35.0 Å². The molecule has 6 heteroatoms. The van der Waals surface area contributed by atoms with Crippen LogP contribution in [0.5, 0.6) is 0 Å². The molecule has 1 heterocycles. The van der Waals surface area contributed by atoms with Gasteiger partial charge in [0.1, 0.15) is 16.6 Å². The molecule has 2 aromatic rings. The number of benzene rings is 1. The fourth-order valence-electron chi connectivity index (χ4n) is 2.28. The van der Waals surface area contributed by atoms with Crippen molar-refractivity contribution >= 4 is 35.0 Å². The minimum atomic E-state index is -0.145. The standard InChI is InChI=1S/C17H22Cl2N2OS/c1-5-22-15(12-6-8-13(18)9-7-12)16(23-17(2,3)4)21-11-20-10-14(21)19/h6-11,15-16H,5H2,1-4H3. The quantitative estimate of drug-likeness (QED) is 0.622. The lowest BCUT2D eigenvalue weighted by Gasteiger charge is -2.33. The van der Waals surface area contributed by atoms with E-state index >= 15 is 0 Å². The molecule has 126 valence electrons. The van der Waals surface area contributed by atoms with Crippen LogP contribution < -0.4 is 0 Å². The first-order chi connectivity index (χ1) is 10.8. The molecule has 2 atom stereocenters. The summed E-state index contributed by atoms with van der Waals surface area (Å²) in [7, 11) is 0. The highest BCUT2D eigenvalue weighted by Gasteiger charge is 2.31. The van der Waals surface area contributed by atoms with E-state index in [0.29, 0.717) is 16.8 Å². The maximum Gasteiger partial charge on any atom is 0.129 e. The minimum absolute atomic E-state index is 0.0221. The molecule has 0 fully saturated rings. The molecule has 0 amide bonds. The number of rotatable bonds is 6. The van der Waals surface area contributed by atoms with E-state index in [-0.39, 0.29) is 16.2 Å². The van der Waals surface area contributed by atoms with Crippen LogP contribution in [0.2, 0.25) is 10.2 Å². The van der Waals surface area contributed by atoms with Crippen molar-refractivity contribution in [3.63, 3.8) is 0 Å². The molecule has 0 N–H and O–H groups in total. The van der Waals surface area contributed by atoms with Gasteiger partial charge in [0.25, 0.3) is 0 Å². The van der Waals surface area contributed by atoms with Crippen LogP contribution in [0.4, 0.5) is 0 Å². The van der Waals surface area contributed by atoms with E-state index in [1.807, 2.05) is 35.8 Å². The van der Waals surface area contributed by atoms with Crippen LogP contribution in [0.3, 0.4) is 0 Å². The van der Waals surface area contributed by atoms with E-state index in [2.05, 4.69) is 25.8 Å². The molecule has 2 unspecified atom stereocenters. The van der Waals surface area contributed by atoms with E-state index < -0.39 is 0 Å². The van der Waals surface area contributed by atoms with Gasteiger partial charge in [-0.05, 0) is 24.6 Å². The van der Waals surface area contributed by atoms with Gasteiger partial charge in [0.05, 0.1) is 12.5 Å². The van der Waals surface area contributed by atoms with Crippen LogP contribution in [0.25, 0.3) is 0 Å². The molecule has 0 saturated heterocycles. The molecule has 0 aliphatic heterocycles. The van der Waals surface area contributed by atoms with Crippen molar-refractivity contribution in [2.45, 2.75) is 43.9 Å². The van der Waals surface area contributed by atoms with Crippen LogP contribution in [-0.2, 0) is 4.74 Å². The van der Waals surface area contributed by atoms with Crippen molar-refractivity contribution in [2.75, 3.05) is 6.61 Å². The first-order valence-corrected chi connectivity index (χ1v) is 9.17. The summed E-state index contributed by atoms with van der Waals surface area (Å²) in [4.78, 5) is 4.16. The number of halogens is 2. The van der Waals surface area contributed by atoms with Gasteiger partial charge in [-0.1, -0.05) is 56.1 Å². The second kappa shape index (κ2) is 7.93. The molecular formula is C17H22Cl2N2OS. The smallest absolute Gasteiger partial charge is 0.129 e. The molecule has 0 spiro atoms. The summed E-state index contributed by atoms with van der Waals surface area (Å²) >= 11 is 14.2. The number of thioether (sulfide) groups is 1. The van der Waals surface area contributed by atoms with Crippen LogP contribution in [-0.4, -0.2) is 20.9 Å². The Bertz CT molecular complexity index is 622. The lowest BCUT2D eigenvalue weighted by Crippen LogP contribution is -2.23. The molecule has 0 aliphatic carbocycles. The van der Waals surface area contributed by atoms with Crippen molar-refractivity contribution in [3.8, 4) is 0 Å². The molecule has 1 aromatic carbocycles. The Morgan fingerprint density at radius 2 is 1.87 bits per heavy atom. The maximum atomic E-state index is 6.33. The molecule has 1 aromatic heterocycles. The van der Waals surface area contributed by atoms with Gasteiger partial charge in [0, 0.05) is 16.4 Å². The third kappa shape index (κ3) is 5.15. The first-order valence-electron chi connectivity index (χ1n) is 7.54. The van der Waals surface area contributed by atoms with E-state index in [9.17, 15) is 0 Å². The molecular weight excluding hydrogens is 351 g/mol.